The van der Waals surface area contributed by atoms with Crippen LogP contribution in [-0.2, 0) is 6.54 Å². The second kappa shape index (κ2) is 7.19. The summed E-state index contributed by atoms with van der Waals surface area (Å²) in [5.74, 6) is -0.568. The van der Waals surface area contributed by atoms with E-state index >= 15 is 0 Å². The minimum Gasteiger partial charge on any atom is -0.388 e. The van der Waals surface area contributed by atoms with Crippen molar-refractivity contribution in [3.05, 3.63) is 35.4 Å². The Labute approximate surface area is 112 Å². The number of benzene rings is 1. The maximum Gasteiger partial charge on any atom is 0.126 e. The van der Waals surface area contributed by atoms with E-state index in [1.807, 2.05) is 0 Å². The first kappa shape index (κ1) is 15.6. The normalized spacial score (nSPS) is 11.3. The maximum absolute atomic E-state index is 13.1. The molecule has 0 bridgehead atoms. The van der Waals surface area contributed by atoms with E-state index in [0.29, 0.717) is 31.0 Å². The lowest BCUT2D eigenvalue weighted by molar-refractivity contribution is 0.242. The van der Waals surface area contributed by atoms with Crippen molar-refractivity contribution in [1.82, 2.24) is 4.90 Å². The van der Waals surface area contributed by atoms with E-state index in [-0.39, 0.29) is 5.84 Å². The van der Waals surface area contributed by atoms with Crippen LogP contribution in [0.25, 0.3) is 0 Å². The topological polar surface area (TPSA) is 53.1 Å². The first-order valence-electron chi connectivity index (χ1n) is 6.37. The third-order valence-electron chi connectivity index (χ3n) is 2.65. The predicted octanol–water partition coefficient (Wildman–Crippen LogP) is 2.75. The monoisotopic (exact) mass is 269 g/mol. The van der Waals surface area contributed by atoms with Gasteiger partial charge in [-0.05, 0) is 23.6 Å². The van der Waals surface area contributed by atoms with E-state index in [1.54, 1.807) is 0 Å². The van der Waals surface area contributed by atoms with Crippen LogP contribution < -0.4 is 5.73 Å². The van der Waals surface area contributed by atoms with Crippen LogP contribution in [0.5, 0.6) is 0 Å². The third-order valence-corrected chi connectivity index (χ3v) is 2.65. The maximum atomic E-state index is 13.1. The molecule has 19 heavy (non-hydrogen) atoms. The van der Waals surface area contributed by atoms with Crippen LogP contribution in [0.4, 0.5) is 8.78 Å². The summed E-state index contributed by atoms with van der Waals surface area (Å²) in [6.45, 7) is 6.02. The highest BCUT2D eigenvalue weighted by atomic mass is 19.1. The zero-order valence-corrected chi connectivity index (χ0v) is 11.4. The average Bonchev–Trinajstić information content (AvgIpc) is 2.23. The number of rotatable bonds is 7. The minimum atomic E-state index is -0.564. The molecule has 0 saturated carbocycles. The van der Waals surface area contributed by atoms with Gasteiger partial charge in [-0.15, -0.1) is 0 Å². The molecule has 0 aliphatic carbocycles. The Morgan fingerprint density at radius 1 is 1.26 bits per heavy atom. The number of nitrogens with two attached hydrogens (primary N) is 1. The van der Waals surface area contributed by atoms with Gasteiger partial charge in [-0.1, -0.05) is 13.8 Å². The van der Waals surface area contributed by atoms with Gasteiger partial charge in [0.15, 0.2) is 0 Å². The average molecular weight is 269 g/mol. The molecule has 3 N–H and O–H groups in total. The number of amidine groups is 1. The summed E-state index contributed by atoms with van der Waals surface area (Å²) in [7, 11) is 0. The van der Waals surface area contributed by atoms with Crippen molar-refractivity contribution in [1.29, 1.82) is 5.41 Å². The van der Waals surface area contributed by atoms with Gasteiger partial charge in [-0.2, -0.15) is 0 Å². The fraction of sp³-hybridized carbons (Fsp3) is 0.500. The highest BCUT2D eigenvalue weighted by Gasteiger charge is 2.10. The molecule has 0 atom stereocenters. The Kier molecular flexibility index (Phi) is 5.89. The molecule has 0 amide bonds. The Morgan fingerprint density at radius 2 is 1.84 bits per heavy atom. The lowest BCUT2D eigenvalue weighted by Crippen LogP contribution is -2.31. The molecule has 0 aliphatic rings. The van der Waals surface area contributed by atoms with Crippen LogP contribution in [0.2, 0.25) is 0 Å². The van der Waals surface area contributed by atoms with Crippen molar-refractivity contribution in [3.8, 4) is 0 Å². The van der Waals surface area contributed by atoms with Crippen molar-refractivity contribution >= 4 is 5.84 Å². The molecular weight excluding hydrogens is 248 g/mol. The summed E-state index contributed by atoms with van der Waals surface area (Å²) in [4.78, 5) is 2.06. The van der Waals surface area contributed by atoms with Gasteiger partial charge in [0, 0.05) is 32.1 Å². The number of nitrogens with one attached hydrogen (secondary N) is 1. The second-order valence-electron chi connectivity index (χ2n) is 5.18. The number of halogens is 2. The molecule has 0 radical (unpaired) electrons. The quantitative estimate of drug-likeness (QED) is 0.590. The molecule has 106 valence electrons. The van der Waals surface area contributed by atoms with Crippen molar-refractivity contribution in [2.75, 3.05) is 13.1 Å². The standard InChI is InChI=1S/C14H21F2N3/c1-10(2)8-19(4-3-14(17)18)9-11-5-12(15)7-13(16)6-11/h5-7,10H,3-4,8-9H2,1-2H3,(H3,17,18). The van der Waals surface area contributed by atoms with Crippen molar-refractivity contribution < 1.29 is 8.78 Å². The summed E-state index contributed by atoms with van der Waals surface area (Å²) in [5, 5.41) is 7.25. The lowest BCUT2D eigenvalue weighted by Gasteiger charge is -2.24. The number of hydrogen-bond acceptors (Lipinski definition) is 2. The SMILES string of the molecule is CC(C)CN(CCC(=N)N)Cc1cc(F)cc(F)c1. The first-order valence-corrected chi connectivity index (χ1v) is 6.37. The van der Waals surface area contributed by atoms with Gasteiger partial charge in [-0.25, -0.2) is 8.78 Å². The van der Waals surface area contributed by atoms with Crippen LogP contribution in [0.15, 0.2) is 18.2 Å². The zero-order chi connectivity index (χ0) is 14.4. The zero-order valence-electron chi connectivity index (χ0n) is 11.4. The van der Waals surface area contributed by atoms with Gasteiger partial charge >= 0.3 is 0 Å². The molecule has 0 aliphatic heterocycles. The number of nitrogens with zero attached hydrogens (tertiary/aromatic N) is 1. The van der Waals surface area contributed by atoms with Gasteiger partial charge in [0.05, 0.1) is 5.84 Å². The largest absolute Gasteiger partial charge is 0.388 e. The molecule has 5 heteroatoms. The smallest absolute Gasteiger partial charge is 0.126 e. The van der Waals surface area contributed by atoms with E-state index in [0.717, 1.165) is 12.6 Å². The Hall–Kier alpha value is -1.49. The van der Waals surface area contributed by atoms with E-state index in [1.165, 1.54) is 12.1 Å². The lowest BCUT2D eigenvalue weighted by atomic mass is 10.1. The minimum absolute atomic E-state index is 0.124. The van der Waals surface area contributed by atoms with Gasteiger partial charge in [0.25, 0.3) is 0 Å². The third kappa shape index (κ3) is 6.29. The van der Waals surface area contributed by atoms with Gasteiger partial charge in [-0.3, -0.25) is 10.3 Å². The molecule has 0 saturated heterocycles. The predicted molar refractivity (Wildman–Crippen MR) is 73.0 cm³/mol. The van der Waals surface area contributed by atoms with Crippen LogP contribution >= 0.6 is 0 Å². The first-order chi connectivity index (χ1) is 8.86. The second-order valence-corrected chi connectivity index (χ2v) is 5.18. The molecule has 1 aromatic carbocycles. The van der Waals surface area contributed by atoms with Crippen LogP contribution in [0.1, 0.15) is 25.8 Å². The van der Waals surface area contributed by atoms with Crippen molar-refractivity contribution in [2.45, 2.75) is 26.8 Å². The van der Waals surface area contributed by atoms with Gasteiger partial charge in [0.1, 0.15) is 11.6 Å². The molecule has 0 spiro atoms. The van der Waals surface area contributed by atoms with Crippen LogP contribution in [-0.4, -0.2) is 23.8 Å². The number of hydrogen-bond donors (Lipinski definition) is 2. The summed E-state index contributed by atoms with van der Waals surface area (Å²) in [6, 6.07) is 3.54. The van der Waals surface area contributed by atoms with Gasteiger partial charge in [0.2, 0.25) is 0 Å². The van der Waals surface area contributed by atoms with E-state index in [4.69, 9.17) is 11.1 Å². The van der Waals surface area contributed by atoms with E-state index < -0.39 is 11.6 Å². The fourth-order valence-corrected chi connectivity index (χ4v) is 1.99. The molecular formula is C14H21F2N3. The molecule has 0 aromatic heterocycles. The summed E-state index contributed by atoms with van der Waals surface area (Å²) >= 11 is 0. The Balaban J connectivity index is 2.71. The Bertz CT molecular complexity index is 412. The van der Waals surface area contributed by atoms with Crippen molar-refractivity contribution in [2.24, 2.45) is 11.7 Å². The highest BCUT2D eigenvalue weighted by molar-refractivity contribution is 5.76. The summed E-state index contributed by atoms with van der Waals surface area (Å²) in [5.41, 5.74) is 5.95. The van der Waals surface area contributed by atoms with E-state index in [2.05, 4.69) is 18.7 Å². The van der Waals surface area contributed by atoms with Crippen LogP contribution in [0.3, 0.4) is 0 Å². The summed E-state index contributed by atoms with van der Waals surface area (Å²) in [6.07, 6.45) is 0.463. The fourth-order valence-electron chi connectivity index (χ4n) is 1.99. The molecule has 0 heterocycles. The highest BCUT2D eigenvalue weighted by Crippen LogP contribution is 2.12. The summed E-state index contributed by atoms with van der Waals surface area (Å²) < 4.78 is 26.3. The van der Waals surface area contributed by atoms with Crippen LogP contribution in [0, 0.1) is 23.0 Å². The Morgan fingerprint density at radius 3 is 2.32 bits per heavy atom. The molecule has 0 unspecified atom stereocenters. The van der Waals surface area contributed by atoms with Crippen molar-refractivity contribution in [3.63, 3.8) is 0 Å². The van der Waals surface area contributed by atoms with Gasteiger partial charge < -0.3 is 5.73 Å². The molecule has 1 aromatic rings. The molecule has 1 rings (SSSR count). The van der Waals surface area contributed by atoms with E-state index in [9.17, 15) is 8.78 Å². The molecule has 3 nitrogen and oxygen atoms in total. The molecule has 0 fully saturated rings.